The topological polar surface area (TPSA) is 51.8 Å². The fourth-order valence-corrected chi connectivity index (χ4v) is 0.972. The van der Waals surface area contributed by atoms with Crippen LogP contribution in [0.2, 0.25) is 0 Å². The first kappa shape index (κ1) is 7.21. The van der Waals surface area contributed by atoms with Gasteiger partial charge in [0, 0.05) is 5.92 Å². The second-order valence-corrected chi connectivity index (χ2v) is 2.96. The van der Waals surface area contributed by atoms with Gasteiger partial charge in [0.1, 0.15) is 11.3 Å². The van der Waals surface area contributed by atoms with Gasteiger partial charge in [-0.1, -0.05) is 19.0 Å². The summed E-state index contributed by atoms with van der Waals surface area (Å²) in [7, 11) is 0. The summed E-state index contributed by atoms with van der Waals surface area (Å²) in [6.07, 6.45) is 3.26. The Morgan fingerprint density at radius 3 is 2.92 bits per heavy atom. The standard InChI is InChI=1S/C8H9N3O/c1-5(2)8-9-4-7-6(11-8)3-10-12-7/h3-5H,1-2H3. The Kier molecular flexibility index (Phi) is 1.53. The summed E-state index contributed by atoms with van der Waals surface area (Å²) in [6, 6.07) is 0. The third-order valence-corrected chi connectivity index (χ3v) is 1.64. The molecule has 2 aromatic rings. The number of nitrogens with zero attached hydrogens (tertiary/aromatic N) is 3. The smallest absolute Gasteiger partial charge is 0.203 e. The Labute approximate surface area is 69.6 Å². The van der Waals surface area contributed by atoms with Crippen molar-refractivity contribution in [2.24, 2.45) is 0 Å². The van der Waals surface area contributed by atoms with Gasteiger partial charge in [0.15, 0.2) is 0 Å². The molecule has 4 nitrogen and oxygen atoms in total. The number of hydrogen-bond donors (Lipinski definition) is 0. The number of hydrogen-bond acceptors (Lipinski definition) is 4. The van der Waals surface area contributed by atoms with Crippen molar-refractivity contribution in [2.75, 3.05) is 0 Å². The summed E-state index contributed by atoms with van der Waals surface area (Å²) in [6.45, 7) is 4.10. The third kappa shape index (κ3) is 1.05. The van der Waals surface area contributed by atoms with Crippen LogP contribution in [0, 0.1) is 0 Å². The van der Waals surface area contributed by atoms with E-state index in [0.29, 0.717) is 11.5 Å². The van der Waals surface area contributed by atoms with Crippen LogP contribution in [-0.4, -0.2) is 15.1 Å². The Bertz CT molecular complexity index is 394. The predicted molar refractivity (Wildman–Crippen MR) is 43.7 cm³/mol. The molecule has 2 rings (SSSR count). The van der Waals surface area contributed by atoms with E-state index in [1.54, 1.807) is 12.4 Å². The van der Waals surface area contributed by atoms with Gasteiger partial charge in [-0.3, -0.25) is 0 Å². The minimum Gasteiger partial charge on any atom is -0.353 e. The molecule has 0 bridgehead atoms. The van der Waals surface area contributed by atoms with Crippen LogP contribution in [0.4, 0.5) is 0 Å². The molecule has 62 valence electrons. The molecule has 2 aromatic heterocycles. The largest absolute Gasteiger partial charge is 0.353 e. The van der Waals surface area contributed by atoms with Gasteiger partial charge in [-0.2, -0.15) is 0 Å². The molecule has 0 aliphatic carbocycles. The molecule has 0 amide bonds. The molecule has 4 heteroatoms. The van der Waals surface area contributed by atoms with E-state index in [-0.39, 0.29) is 0 Å². The van der Waals surface area contributed by atoms with Crippen LogP contribution in [0.5, 0.6) is 0 Å². The fourth-order valence-electron chi connectivity index (χ4n) is 0.972. The van der Waals surface area contributed by atoms with Crippen LogP contribution in [-0.2, 0) is 0 Å². The van der Waals surface area contributed by atoms with Crippen molar-refractivity contribution >= 4 is 11.1 Å². The average molecular weight is 163 g/mol. The second-order valence-electron chi connectivity index (χ2n) is 2.96. The molecule has 0 fully saturated rings. The third-order valence-electron chi connectivity index (χ3n) is 1.64. The number of rotatable bonds is 1. The molecule has 0 unspecified atom stereocenters. The van der Waals surface area contributed by atoms with Crippen molar-refractivity contribution in [3.05, 3.63) is 18.2 Å². The summed E-state index contributed by atoms with van der Waals surface area (Å²) in [5.74, 6) is 1.16. The summed E-state index contributed by atoms with van der Waals surface area (Å²) < 4.78 is 4.88. The minimum atomic E-state index is 0.337. The van der Waals surface area contributed by atoms with E-state index >= 15 is 0 Å². The predicted octanol–water partition coefficient (Wildman–Crippen LogP) is 1.74. The lowest BCUT2D eigenvalue weighted by atomic mass is 10.2. The van der Waals surface area contributed by atoms with Crippen molar-refractivity contribution in [3.8, 4) is 0 Å². The summed E-state index contributed by atoms with van der Waals surface area (Å²) in [4.78, 5) is 8.40. The maximum Gasteiger partial charge on any atom is 0.203 e. The van der Waals surface area contributed by atoms with Gasteiger partial charge in [0.05, 0.1) is 12.4 Å². The molecule has 0 saturated carbocycles. The highest BCUT2D eigenvalue weighted by Crippen LogP contribution is 2.13. The molecule has 0 spiro atoms. The molecule has 0 atom stereocenters. The lowest BCUT2D eigenvalue weighted by Crippen LogP contribution is -1.95. The highest BCUT2D eigenvalue weighted by molar-refractivity contribution is 5.69. The molecular weight excluding hydrogens is 154 g/mol. The van der Waals surface area contributed by atoms with Crippen molar-refractivity contribution in [1.82, 2.24) is 15.1 Å². The van der Waals surface area contributed by atoms with Crippen LogP contribution < -0.4 is 0 Å². The zero-order chi connectivity index (χ0) is 8.55. The second kappa shape index (κ2) is 2.55. The SMILES string of the molecule is CC(C)c1ncc2oncc2n1. The van der Waals surface area contributed by atoms with Crippen LogP contribution in [0.15, 0.2) is 16.9 Å². The van der Waals surface area contributed by atoms with Gasteiger partial charge in [-0.05, 0) is 0 Å². The zero-order valence-electron chi connectivity index (χ0n) is 6.98. The molecule has 0 aliphatic rings. The number of aromatic nitrogens is 3. The maximum atomic E-state index is 4.88. The van der Waals surface area contributed by atoms with E-state index in [1.807, 2.05) is 0 Å². The first-order chi connectivity index (χ1) is 5.77. The molecule has 0 N–H and O–H groups in total. The molecule has 0 aromatic carbocycles. The van der Waals surface area contributed by atoms with Crippen molar-refractivity contribution in [3.63, 3.8) is 0 Å². The normalized spacial score (nSPS) is 11.2. The molecule has 0 aliphatic heterocycles. The van der Waals surface area contributed by atoms with Crippen LogP contribution >= 0.6 is 0 Å². The molecule has 12 heavy (non-hydrogen) atoms. The van der Waals surface area contributed by atoms with E-state index in [2.05, 4.69) is 29.0 Å². The van der Waals surface area contributed by atoms with Gasteiger partial charge in [0.25, 0.3) is 0 Å². The van der Waals surface area contributed by atoms with Crippen molar-refractivity contribution < 1.29 is 4.52 Å². The zero-order valence-corrected chi connectivity index (χ0v) is 6.98. The highest BCUT2D eigenvalue weighted by atomic mass is 16.5. The maximum absolute atomic E-state index is 4.88. The first-order valence-electron chi connectivity index (χ1n) is 3.84. The van der Waals surface area contributed by atoms with Crippen LogP contribution in [0.3, 0.4) is 0 Å². The van der Waals surface area contributed by atoms with Crippen LogP contribution in [0.1, 0.15) is 25.6 Å². The van der Waals surface area contributed by atoms with Gasteiger partial charge in [-0.15, -0.1) is 0 Å². The Hall–Kier alpha value is -1.45. The van der Waals surface area contributed by atoms with Crippen molar-refractivity contribution in [2.45, 2.75) is 19.8 Å². The first-order valence-corrected chi connectivity index (χ1v) is 3.84. The van der Waals surface area contributed by atoms with Gasteiger partial charge in [-0.25, -0.2) is 9.97 Å². The van der Waals surface area contributed by atoms with E-state index in [1.165, 1.54) is 0 Å². The molecule has 0 saturated heterocycles. The Balaban J connectivity index is 2.60. The average Bonchev–Trinajstić information content (AvgIpc) is 2.49. The van der Waals surface area contributed by atoms with E-state index in [0.717, 1.165) is 11.3 Å². The Morgan fingerprint density at radius 2 is 2.17 bits per heavy atom. The fraction of sp³-hybridized carbons (Fsp3) is 0.375. The van der Waals surface area contributed by atoms with E-state index < -0.39 is 0 Å². The van der Waals surface area contributed by atoms with E-state index in [4.69, 9.17) is 4.52 Å². The van der Waals surface area contributed by atoms with Gasteiger partial charge >= 0.3 is 0 Å². The Morgan fingerprint density at radius 1 is 1.33 bits per heavy atom. The van der Waals surface area contributed by atoms with Crippen molar-refractivity contribution in [1.29, 1.82) is 0 Å². The summed E-state index contributed by atoms with van der Waals surface area (Å²) in [5, 5.41) is 3.62. The lowest BCUT2D eigenvalue weighted by molar-refractivity contribution is 0.455. The molecule has 2 heterocycles. The van der Waals surface area contributed by atoms with E-state index in [9.17, 15) is 0 Å². The molecule has 0 radical (unpaired) electrons. The van der Waals surface area contributed by atoms with Crippen LogP contribution in [0.25, 0.3) is 11.1 Å². The summed E-state index contributed by atoms with van der Waals surface area (Å²) in [5.41, 5.74) is 1.41. The van der Waals surface area contributed by atoms with Gasteiger partial charge in [0.2, 0.25) is 5.58 Å². The summed E-state index contributed by atoms with van der Waals surface area (Å²) >= 11 is 0. The number of fused-ring (bicyclic) bond motifs is 1. The highest BCUT2D eigenvalue weighted by Gasteiger charge is 2.05. The quantitative estimate of drug-likeness (QED) is 0.642. The minimum absolute atomic E-state index is 0.337. The molecular formula is C8H9N3O. The monoisotopic (exact) mass is 163 g/mol. The van der Waals surface area contributed by atoms with Gasteiger partial charge < -0.3 is 4.52 Å². The lowest BCUT2D eigenvalue weighted by Gasteiger charge is -2.00.